The average Bonchev–Trinajstić information content (AvgIpc) is 2.78. The van der Waals surface area contributed by atoms with Crippen molar-refractivity contribution < 1.29 is 14.9 Å². The summed E-state index contributed by atoms with van der Waals surface area (Å²) in [6, 6.07) is 0. The number of rotatable bonds is 7. The highest BCUT2D eigenvalue weighted by Gasteiger charge is 2.26. The molecule has 1 heterocycles. The maximum atomic E-state index is 9.28. The summed E-state index contributed by atoms with van der Waals surface area (Å²) in [7, 11) is 0. The molecule has 0 aromatic rings. The molecule has 0 aromatic heterocycles. The van der Waals surface area contributed by atoms with E-state index >= 15 is 0 Å². The van der Waals surface area contributed by atoms with E-state index in [2.05, 4.69) is 0 Å². The summed E-state index contributed by atoms with van der Waals surface area (Å²) in [5.41, 5.74) is -0.265. The first-order valence-electron chi connectivity index (χ1n) is 6.09. The Hall–Kier alpha value is -0.120. The Bertz CT molecular complexity index is 152. The molecule has 1 rings (SSSR count). The van der Waals surface area contributed by atoms with Gasteiger partial charge in [0.05, 0.1) is 19.3 Å². The molecule has 0 saturated carbocycles. The molecule has 3 heteroatoms. The largest absolute Gasteiger partial charge is 0.396 e. The van der Waals surface area contributed by atoms with E-state index in [-0.39, 0.29) is 18.6 Å². The summed E-state index contributed by atoms with van der Waals surface area (Å²) in [4.78, 5) is 0. The minimum absolute atomic E-state index is 0.0888. The van der Waals surface area contributed by atoms with Gasteiger partial charge in [0.1, 0.15) is 0 Å². The molecule has 1 aliphatic rings. The smallest absolute Gasteiger partial charge is 0.0576 e. The molecule has 15 heavy (non-hydrogen) atoms. The van der Waals surface area contributed by atoms with E-state index < -0.39 is 0 Å². The molecule has 1 fully saturated rings. The summed E-state index contributed by atoms with van der Waals surface area (Å²) in [5, 5.41) is 18.6. The van der Waals surface area contributed by atoms with Crippen molar-refractivity contribution in [2.24, 2.45) is 5.41 Å². The number of aliphatic hydroxyl groups is 2. The second-order valence-electron chi connectivity index (χ2n) is 4.70. The van der Waals surface area contributed by atoms with Crippen molar-refractivity contribution in [3.8, 4) is 0 Å². The minimum Gasteiger partial charge on any atom is -0.396 e. The Morgan fingerprint density at radius 2 is 2.07 bits per heavy atom. The number of ether oxygens (including phenoxy) is 1. The Morgan fingerprint density at radius 1 is 1.33 bits per heavy atom. The van der Waals surface area contributed by atoms with Crippen LogP contribution in [0, 0.1) is 5.41 Å². The van der Waals surface area contributed by atoms with Gasteiger partial charge in [-0.1, -0.05) is 13.3 Å². The fraction of sp³-hybridized carbons (Fsp3) is 1.00. The van der Waals surface area contributed by atoms with Crippen LogP contribution in [0.3, 0.4) is 0 Å². The molecule has 2 N–H and O–H groups in total. The highest BCUT2D eigenvalue weighted by Crippen LogP contribution is 2.29. The Morgan fingerprint density at radius 3 is 2.53 bits per heavy atom. The summed E-state index contributed by atoms with van der Waals surface area (Å²) in [6.07, 6.45) is 6.64. The van der Waals surface area contributed by atoms with Gasteiger partial charge in [-0.05, 0) is 32.1 Å². The lowest BCUT2D eigenvalue weighted by Gasteiger charge is -2.28. The molecule has 0 aliphatic carbocycles. The van der Waals surface area contributed by atoms with Crippen LogP contribution in [-0.4, -0.2) is 36.1 Å². The lowest BCUT2D eigenvalue weighted by atomic mass is 9.81. The van der Waals surface area contributed by atoms with E-state index in [1.54, 1.807) is 0 Å². The van der Waals surface area contributed by atoms with Gasteiger partial charge in [-0.3, -0.25) is 0 Å². The highest BCUT2D eigenvalue weighted by molar-refractivity contribution is 4.77. The van der Waals surface area contributed by atoms with E-state index in [4.69, 9.17) is 4.74 Å². The van der Waals surface area contributed by atoms with Gasteiger partial charge in [0.25, 0.3) is 0 Å². The molecular formula is C12H24O3. The minimum atomic E-state index is -0.265. The van der Waals surface area contributed by atoms with Crippen LogP contribution in [0.25, 0.3) is 0 Å². The zero-order chi connectivity index (χ0) is 11.1. The summed E-state index contributed by atoms with van der Waals surface area (Å²) in [6.45, 7) is 3.11. The molecule has 0 amide bonds. The third kappa shape index (κ3) is 3.74. The Kier molecular flexibility index (Phi) is 5.58. The van der Waals surface area contributed by atoms with Crippen LogP contribution in [0.2, 0.25) is 0 Å². The standard InChI is InChI=1S/C12H24O3/c1-2-12(9-13,10-14)7-3-5-11-6-4-8-15-11/h11,13-14H,2-10H2,1H3. The van der Waals surface area contributed by atoms with Gasteiger partial charge in [-0.15, -0.1) is 0 Å². The molecule has 1 aliphatic heterocycles. The Balaban J connectivity index is 2.21. The van der Waals surface area contributed by atoms with E-state index in [9.17, 15) is 10.2 Å². The fourth-order valence-electron chi connectivity index (χ4n) is 2.19. The van der Waals surface area contributed by atoms with Crippen molar-refractivity contribution in [2.45, 2.75) is 51.6 Å². The Labute approximate surface area is 92.4 Å². The fourth-order valence-corrected chi connectivity index (χ4v) is 2.19. The predicted molar refractivity (Wildman–Crippen MR) is 59.7 cm³/mol. The van der Waals surface area contributed by atoms with Gasteiger partial charge in [-0.2, -0.15) is 0 Å². The van der Waals surface area contributed by atoms with Crippen LogP contribution in [0.1, 0.15) is 45.4 Å². The average molecular weight is 216 g/mol. The lowest BCUT2D eigenvalue weighted by Crippen LogP contribution is -2.29. The summed E-state index contributed by atoms with van der Waals surface area (Å²) < 4.78 is 5.54. The zero-order valence-corrected chi connectivity index (χ0v) is 9.74. The van der Waals surface area contributed by atoms with Crippen molar-refractivity contribution in [3.05, 3.63) is 0 Å². The van der Waals surface area contributed by atoms with Crippen LogP contribution in [-0.2, 0) is 4.74 Å². The van der Waals surface area contributed by atoms with E-state index in [1.165, 1.54) is 12.8 Å². The quantitative estimate of drug-likeness (QED) is 0.681. The maximum absolute atomic E-state index is 9.28. The first kappa shape index (κ1) is 12.9. The van der Waals surface area contributed by atoms with Gasteiger partial charge in [0, 0.05) is 12.0 Å². The first-order chi connectivity index (χ1) is 7.26. The van der Waals surface area contributed by atoms with Crippen LogP contribution < -0.4 is 0 Å². The normalized spacial score (nSPS) is 22.2. The molecule has 1 atom stereocenters. The van der Waals surface area contributed by atoms with E-state index in [1.807, 2.05) is 6.92 Å². The zero-order valence-electron chi connectivity index (χ0n) is 9.74. The van der Waals surface area contributed by atoms with Gasteiger partial charge < -0.3 is 14.9 Å². The summed E-state index contributed by atoms with van der Waals surface area (Å²) in [5.74, 6) is 0. The molecule has 0 spiro atoms. The van der Waals surface area contributed by atoms with Crippen molar-refractivity contribution in [2.75, 3.05) is 19.8 Å². The van der Waals surface area contributed by atoms with Gasteiger partial charge in [0.15, 0.2) is 0 Å². The molecule has 1 saturated heterocycles. The number of hydrogen-bond donors (Lipinski definition) is 2. The van der Waals surface area contributed by atoms with Crippen molar-refractivity contribution in [1.82, 2.24) is 0 Å². The van der Waals surface area contributed by atoms with E-state index in [0.29, 0.717) is 6.10 Å². The molecule has 0 radical (unpaired) electrons. The van der Waals surface area contributed by atoms with E-state index in [0.717, 1.165) is 32.3 Å². The molecule has 3 nitrogen and oxygen atoms in total. The summed E-state index contributed by atoms with van der Waals surface area (Å²) >= 11 is 0. The molecule has 1 unspecified atom stereocenters. The van der Waals surface area contributed by atoms with Crippen molar-refractivity contribution >= 4 is 0 Å². The van der Waals surface area contributed by atoms with Crippen molar-refractivity contribution in [1.29, 1.82) is 0 Å². The SMILES string of the molecule is CCC(CO)(CO)CCCC1CCCO1. The third-order valence-corrected chi connectivity index (χ3v) is 3.68. The second-order valence-corrected chi connectivity index (χ2v) is 4.70. The molecular weight excluding hydrogens is 192 g/mol. The van der Waals surface area contributed by atoms with Crippen LogP contribution in [0.15, 0.2) is 0 Å². The molecule has 0 aromatic carbocycles. The monoisotopic (exact) mass is 216 g/mol. The molecule has 0 bridgehead atoms. The van der Waals surface area contributed by atoms with Crippen LogP contribution in [0.4, 0.5) is 0 Å². The predicted octanol–water partition coefficient (Wildman–Crippen LogP) is 1.72. The first-order valence-corrected chi connectivity index (χ1v) is 6.09. The lowest BCUT2D eigenvalue weighted by molar-refractivity contribution is 0.0355. The van der Waals surface area contributed by atoms with Gasteiger partial charge in [-0.25, -0.2) is 0 Å². The highest BCUT2D eigenvalue weighted by atomic mass is 16.5. The van der Waals surface area contributed by atoms with Gasteiger partial charge in [0.2, 0.25) is 0 Å². The second kappa shape index (κ2) is 6.46. The molecule has 90 valence electrons. The topological polar surface area (TPSA) is 49.7 Å². The third-order valence-electron chi connectivity index (χ3n) is 3.68. The van der Waals surface area contributed by atoms with Gasteiger partial charge >= 0.3 is 0 Å². The number of aliphatic hydroxyl groups excluding tert-OH is 2. The number of hydrogen-bond acceptors (Lipinski definition) is 3. The van der Waals surface area contributed by atoms with Crippen molar-refractivity contribution in [3.63, 3.8) is 0 Å². The van der Waals surface area contributed by atoms with Crippen LogP contribution in [0.5, 0.6) is 0 Å². The van der Waals surface area contributed by atoms with Crippen LogP contribution >= 0.6 is 0 Å². The maximum Gasteiger partial charge on any atom is 0.0576 e.